The number of sulfonamides is 1. The van der Waals surface area contributed by atoms with Crippen LogP contribution in [0, 0.1) is 5.82 Å². The Bertz CT molecular complexity index is 901. The summed E-state index contributed by atoms with van der Waals surface area (Å²) in [4.78, 5) is 12.5. The van der Waals surface area contributed by atoms with Crippen LogP contribution in [0.2, 0.25) is 0 Å². The van der Waals surface area contributed by atoms with Gasteiger partial charge >= 0.3 is 0 Å². The molecule has 0 aliphatic heterocycles. The minimum absolute atomic E-state index is 0.159. The van der Waals surface area contributed by atoms with Crippen molar-refractivity contribution in [2.75, 3.05) is 30.3 Å². The van der Waals surface area contributed by atoms with Gasteiger partial charge in [-0.05, 0) is 62.4 Å². The highest BCUT2D eigenvalue weighted by Gasteiger charge is 2.28. The number of anilines is 1. The van der Waals surface area contributed by atoms with Crippen LogP contribution in [0.25, 0.3) is 0 Å². The molecule has 0 aliphatic rings. The van der Waals surface area contributed by atoms with Gasteiger partial charge in [-0.1, -0.05) is 0 Å². The van der Waals surface area contributed by atoms with E-state index < -0.39 is 22.0 Å². The van der Waals surface area contributed by atoms with Gasteiger partial charge < -0.3 is 14.8 Å². The number of hydrogen-bond acceptors (Lipinski definition) is 5. The van der Waals surface area contributed by atoms with E-state index in [0.717, 1.165) is 10.6 Å². The highest BCUT2D eigenvalue weighted by Crippen LogP contribution is 2.24. The van der Waals surface area contributed by atoms with Crippen LogP contribution in [0.1, 0.15) is 13.8 Å². The fourth-order valence-electron chi connectivity index (χ4n) is 2.69. The smallest absolute Gasteiger partial charge is 0.243 e. The molecule has 1 unspecified atom stereocenters. The van der Waals surface area contributed by atoms with Gasteiger partial charge in [-0.3, -0.25) is 9.10 Å². The van der Waals surface area contributed by atoms with E-state index in [0.29, 0.717) is 23.8 Å². The topological polar surface area (TPSA) is 84.9 Å². The molecule has 1 N–H and O–H groups in total. The van der Waals surface area contributed by atoms with E-state index in [-0.39, 0.29) is 19.0 Å². The fourth-order valence-corrected chi connectivity index (χ4v) is 3.86. The SMILES string of the molecule is CCOc1ccc(N(C(C)C(=O)NCCOc2ccc(F)cc2)S(C)(=O)=O)cc1. The van der Waals surface area contributed by atoms with Gasteiger partial charge in [0.1, 0.15) is 30.0 Å². The van der Waals surface area contributed by atoms with Gasteiger partial charge in [0.25, 0.3) is 0 Å². The van der Waals surface area contributed by atoms with Crippen molar-refractivity contribution in [2.24, 2.45) is 0 Å². The first-order valence-corrected chi connectivity index (χ1v) is 11.0. The Morgan fingerprint density at radius 2 is 1.62 bits per heavy atom. The summed E-state index contributed by atoms with van der Waals surface area (Å²) in [5.41, 5.74) is 0.362. The number of nitrogens with zero attached hydrogens (tertiary/aromatic N) is 1. The summed E-state index contributed by atoms with van der Waals surface area (Å²) in [5.74, 6) is 0.252. The van der Waals surface area contributed by atoms with Crippen molar-refractivity contribution >= 4 is 21.6 Å². The van der Waals surface area contributed by atoms with Gasteiger partial charge in [0.15, 0.2) is 0 Å². The number of amides is 1. The van der Waals surface area contributed by atoms with Gasteiger partial charge in [-0.25, -0.2) is 12.8 Å². The van der Waals surface area contributed by atoms with Gasteiger partial charge in [-0.2, -0.15) is 0 Å². The van der Waals surface area contributed by atoms with Gasteiger partial charge in [0, 0.05) is 0 Å². The number of rotatable bonds is 10. The van der Waals surface area contributed by atoms with Crippen LogP contribution >= 0.6 is 0 Å². The van der Waals surface area contributed by atoms with Gasteiger partial charge in [-0.15, -0.1) is 0 Å². The number of hydrogen-bond donors (Lipinski definition) is 1. The standard InChI is InChI=1S/C20H25FN2O5S/c1-4-27-18-11-7-17(8-12-18)23(29(3,25)26)15(2)20(24)22-13-14-28-19-9-5-16(21)6-10-19/h5-12,15H,4,13-14H2,1-3H3,(H,22,24). The highest BCUT2D eigenvalue weighted by atomic mass is 32.2. The third-order valence-electron chi connectivity index (χ3n) is 3.97. The molecular formula is C20H25FN2O5S. The van der Waals surface area contributed by atoms with Crippen LogP contribution < -0.4 is 19.1 Å². The molecule has 0 fully saturated rings. The molecule has 158 valence electrons. The number of nitrogens with one attached hydrogen (secondary N) is 1. The van der Waals surface area contributed by atoms with Gasteiger partial charge in [0.05, 0.1) is 25.1 Å². The first-order valence-electron chi connectivity index (χ1n) is 9.10. The van der Waals surface area contributed by atoms with Gasteiger partial charge in [0.2, 0.25) is 15.9 Å². The van der Waals surface area contributed by atoms with E-state index in [1.54, 1.807) is 24.3 Å². The second-order valence-electron chi connectivity index (χ2n) is 6.26. The maximum atomic E-state index is 12.9. The summed E-state index contributed by atoms with van der Waals surface area (Å²) in [6.45, 7) is 4.18. The maximum absolute atomic E-state index is 12.9. The monoisotopic (exact) mass is 424 g/mol. The second kappa shape index (κ2) is 10.1. The van der Waals surface area contributed by atoms with Crippen molar-refractivity contribution in [3.63, 3.8) is 0 Å². The molecule has 0 heterocycles. The average Bonchev–Trinajstić information content (AvgIpc) is 2.67. The number of benzene rings is 2. The summed E-state index contributed by atoms with van der Waals surface area (Å²) < 4.78 is 49.3. The van der Waals surface area contributed by atoms with Crippen molar-refractivity contribution in [2.45, 2.75) is 19.9 Å². The van der Waals surface area contributed by atoms with Crippen LogP contribution in [0.3, 0.4) is 0 Å². The van der Waals surface area contributed by atoms with E-state index in [9.17, 15) is 17.6 Å². The van der Waals surface area contributed by atoms with Crippen molar-refractivity contribution in [1.82, 2.24) is 5.32 Å². The molecule has 0 radical (unpaired) electrons. The summed E-state index contributed by atoms with van der Waals surface area (Å²) in [6.07, 6.45) is 1.05. The molecule has 9 heteroatoms. The van der Waals surface area contributed by atoms with E-state index in [2.05, 4.69) is 5.32 Å². The van der Waals surface area contributed by atoms with Crippen molar-refractivity contribution in [3.05, 3.63) is 54.3 Å². The molecule has 2 rings (SSSR count). The lowest BCUT2D eigenvalue weighted by Gasteiger charge is -2.28. The lowest BCUT2D eigenvalue weighted by atomic mass is 10.2. The lowest BCUT2D eigenvalue weighted by molar-refractivity contribution is -0.121. The fraction of sp³-hybridized carbons (Fsp3) is 0.350. The molecular weight excluding hydrogens is 399 g/mol. The first kappa shape index (κ1) is 22.5. The molecule has 29 heavy (non-hydrogen) atoms. The van der Waals surface area contributed by atoms with Crippen LogP contribution in [0.4, 0.5) is 10.1 Å². The highest BCUT2D eigenvalue weighted by molar-refractivity contribution is 7.92. The number of carbonyl (C=O) groups excluding carboxylic acids is 1. The Labute approximate surface area is 170 Å². The predicted molar refractivity (Wildman–Crippen MR) is 109 cm³/mol. The van der Waals surface area contributed by atoms with Crippen LogP contribution in [-0.4, -0.2) is 46.4 Å². The minimum atomic E-state index is -3.70. The zero-order valence-corrected chi connectivity index (χ0v) is 17.4. The molecule has 1 atom stereocenters. The Hall–Kier alpha value is -2.81. The second-order valence-corrected chi connectivity index (χ2v) is 8.11. The third-order valence-corrected chi connectivity index (χ3v) is 5.22. The van der Waals surface area contributed by atoms with Crippen LogP contribution in [0.15, 0.2) is 48.5 Å². The largest absolute Gasteiger partial charge is 0.494 e. The number of ether oxygens (including phenoxy) is 2. The predicted octanol–water partition coefficient (Wildman–Crippen LogP) is 2.57. The van der Waals surface area contributed by atoms with Crippen LogP contribution in [-0.2, 0) is 14.8 Å². The maximum Gasteiger partial charge on any atom is 0.243 e. The quantitative estimate of drug-likeness (QED) is 0.593. The number of halogens is 1. The summed E-state index contributed by atoms with van der Waals surface area (Å²) in [6, 6.07) is 11.0. The Kier molecular flexibility index (Phi) is 7.83. The summed E-state index contributed by atoms with van der Waals surface area (Å²) in [7, 11) is -3.70. The molecule has 0 saturated heterocycles. The Morgan fingerprint density at radius 3 is 2.17 bits per heavy atom. The van der Waals surface area contributed by atoms with E-state index in [4.69, 9.17) is 9.47 Å². The molecule has 0 saturated carbocycles. The summed E-state index contributed by atoms with van der Waals surface area (Å²) in [5, 5.41) is 2.65. The molecule has 7 nitrogen and oxygen atoms in total. The third kappa shape index (κ3) is 6.63. The Morgan fingerprint density at radius 1 is 1.07 bits per heavy atom. The first-order chi connectivity index (χ1) is 13.7. The molecule has 0 aromatic heterocycles. The lowest BCUT2D eigenvalue weighted by Crippen LogP contribution is -2.48. The zero-order chi connectivity index (χ0) is 21.4. The average molecular weight is 424 g/mol. The summed E-state index contributed by atoms with van der Waals surface area (Å²) >= 11 is 0. The van der Waals surface area contributed by atoms with E-state index in [1.807, 2.05) is 6.92 Å². The van der Waals surface area contributed by atoms with E-state index in [1.165, 1.54) is 31.2 Å². The van der Waals surface area contributed by atoms with Crippen molar-refractivity contribution < 1.29 is 27.1 Å². The molecule has 2 aromatic carbocycles. The van der Waals surface area contributed by atoms with Crippen molar-refractivity contribution in [1.29, 1.82) is 0 Å². The number of carbonyl (C=O) groups is 1. The molecule has 1 amide bonds. The molecule has 0 spiro atoms. The Balaban J connectivity index is 1.98. The molecule has 2 aromatic rings. The normalized spacial score (nSPS) is 12.1. The minimum Gasteiger partial charge on any atom is -0.494 e. The molecule has 0 aliphatic carbocycles. The van der Waals surface area contributed by atoms with Crippen molar-refractivity contribution in [3.8, 4) is 11.5 Å². The zero-order valence-electron chi connectivity index (χ0n) is 16.6. The molecule has 0 bridgehead atoms. The van der Waals surface area contributed by atoms with E-state index >= 15 is 0 Å². The van der Waals surface area contributed by atoms with Crippen LogP contribution in [0.5, 0.6) is 11.5 Å².